The maximum Gasteiger partial charge on any atom is 0.333 e. The molecule has 2 atom stereocenters. The Morgan fingerprint density at radius 2 is 1.75 bits per heavy atom. The second-order valence-corrected chi connectivity index (χ2v) is 6.67. The molecule has 0 saturated carbocycles. The molecule has 0 aromatic carbocycles. The van der Waals surface area contributed by atoms with Gasteiger partial charge in [0.1, 0.15) is 0 Å². The molecule has 0 saturated heterocycles. The van der Waals surface area contributed by atoms with Gasteiger partial charge in [0, 0.05) is 17.9 Å². The molecule has 1 aliphatic heterocycles. The lowest BCUT2D eigenvalue weighted by molar-refractivity contribution is -0.151. The summed E-state index contributed by atoms with van der Waals surface area (Å²) in [6.45, 7) is 2.25. The number of nitrogens with two attached hydrogens (primary N) is 1. The number of esters is 1. The van der Waals surface area contributed by atoms with Crippen LogP contribution < -0.4 is 5.84 Å². The lowest BCUT2D eigenvalue weighted by atomic mass is 9.90. The van der Waals surface area contributed by atoms with Crippen molar-refractivity contribution in [2.24, 2.45) is 16.9 Å². The number of aliphatic hydroxyl groups excluding tert-OH is 1. The number of carbonyl (C=O) groups is 1. The summed E-state index contributed by atoms with van der Waals surface area (Å²) in [4.78, 5) is 11.3. The summed E-state index contributed by atoms with van der Waals surface area (Å²) in [5.41, 5.74) is 0.663. The van der Waals surface area contributed by atoms with Gasteiger partial charge in [-0.1, -0.05) is 71.1 Å². The molecule has 0 amide bonds. The Hall–Kier alpha value is -1.36. The smallest absolute Gasteiger partial charge is 0.333 e. The fourth-order valence-corrected chi connectivity index (χ4v) is 3.23. The molecular weight excluding hydrogens is 304 g/mol. The summed E-state index contributed by atoms with van der Waals surface area (Å²) in [5.74, 6) is 4.79. The average Bonchev–Trinajstić information content (AvgIpc) is 2.90. The number of carbonyl (C=O) groups excluding carboxylic acids is 1. The Balaban J connectivity index is 2.17. The normalized spacial score (nSPS) is 18.8. The predicted molar refractivity (Wildman–Crippen MR) is 97.4 cm³/mol. The summed E-state index contributed by atoms with van der Waals surface area (Å²) >= 11 is 0. The number of cyclic esters (lactones) is 1. The molecule has 1 heterocycles. The highest BCUT2D eigenvalue weighted by Crippen LogP contribution is 2.28. The summed E-state index contributed by atoms with van der Waals surface area (Å²) in [6.07, 6.45) is 16.4. The molecule has 2 unspecified atom stereocenters. The van der Waals surface area contributed by atoms with Gasteiger partial charge in [-0.3, -0.25) is 0 Å². The standard InChI is InChI=1S/C19H34N2O3/c1-2-3-4-5-6-7-8-9-10-11-12-16(13-14-21-20)17-15-18(22)24-19(17)23/h14-16,19,23H,2-13,20H2,1H3/b21-14+. The summed E-state index contributed by atoms with van der Waals surface area (Å²) < 4.78 is 4.78. The molecule has 0 radical (unpaired) electrons. The van der Waals surface area contributed by atoms with Gasteiger partial charge in [0.15, 0.2) is 0 Å². The Morgan fingerprint density at radius 1 is 1.17 bits per heavy atom. The number of rotatable bonds is 14. The molecule has 0 aromatic heterocycles. The SMILES string of the molecule is CCCCCCCCCCCCC(C/C=N/N)C1=CC(=O)OC1O. The molecule has 0 aromatic rings. The van der Waals surface area contributed by atoms with Crippen LogP contribution in [0.25, 0.3) is 0 Å². The zero-order valence-electron chi connectivity index (χ0n) is 15.1. The van der Waals surface area contributed by atoms with Crippen molar-refractivity contribution in [1.82, 2.24) is 0 Å². The van der Waals surface area contributed by atoms with E-state index >= 15 is 0 Å². The second kappa shape index (κ2) is 13.0. The van der Waals surface area contributed by atoms with E-state index in [0.29, 0.717) is 12.0 Å². The van der Waals surface area contributed by atoms with Crippen molar-refractivity contribution < 1.29 is 14.6 Å². The van der Waals surface area contributed by atoms with Gasteiger partial charge >= 0.3 is 5.97 Å². The van der Waals surface area contributed by atoms with Crippen LogP contribution in [-0.2, 0) is 9.53 Å². The fraction of sp³-hybridized carbons (Fsp3) is 0.789. The van der Waals surface area contributed by atoms with Crippen molar-refractivity contribution in [2.75, 3.05) is 0 Å². The largest absolute Gasteiger partial charge is 0.429 e. The number of hydrazone groups is 1. The number of ether oxygens (including phenoxy) is 1. The van der Waals surface area contributed by atoms with Gasteiger partial charge in [0.05, 0.1) is 0 Å². The quantitative estimate of drug-likeness (QED) is 0.164. The molecule has 0 bridgehead atoms. The van der Waals surface area contributed by atoms with Gasteiger partial charge in [-0.2, -0.15) is 5.10 Å². The van der Waals surface area contributed by atoms with Crippen LogP contribution in [0.2, 0.25) is 0 Å². The Bertz CT molecular complexity index is 407. The van der Waals surface area contributed by atoms with Crippen LogP contribution in [0.4, 0.5) is 0 Å². The zero-order chi connectivity index (χ0) is 17.6. The van der Waals surface area contributed by atoms with Crippen LogP contribution in [0, 0.1) is 5.92 Å². The van der Waals surface area contributed by atoms with Crippen LogP contribution in [0.1, 0.15) is 84.0 Å². The molecule has 3 N–H and O–H groups in total. The first-order valence-corrected chi connectivity index (χ1v) is 9.51. The Labute approximate surface area is 146 Å². The molecule has 1 aliphatic rings. The number of unbranched alkanes of at least 4 members (excludes halogenated alkanes) is 9. The molecule has 138 valence electrons. The highest BCUT2D eigenvalue weighted by Gasteiger charge is 2.29. The van der Waals surface area contributed by atoms with E-state index in [1.54, 1.807) is 6.21 Å². The van der Waals surface area contributed by atoms with Gasteiger partial charge in [0.2, 0.25) is 6.29 Å². The van der Waals surface area contributed by atoms with Crippen LogP contribution >= 0.6 is 0 Å². The molecule has 1 rings (SSSR count). The van der Waals surface area contributed by atoms with Crippen molar-refractivity contribution in [3.05, 3.63) is 11.6 Å². The van der Waals surface area contributed by atoms with E-state index < -0.39 is 12.3 Å². The minimum absolute atomic E-state index is 0.0767. The van der Waals surface area contributed by atoms with E-state index in [0.717, 1.165) is 12.8 Å². The van der Waals surface area contributed by atoms with Gasteiger partial charge < -0.3 is 15.7 Å². The van der Waals surface area contributed by atoms with Crippen molar-refractivity contribution in [3.63, 3.8) is 0 Å². The molecule has 24 heavy (non-hydrogen) atoms. The van der Waals surface area contributed by atoms with Crippen molar-refractivity contribution in [3.8, 4) is 0 Å². The van der Waals surface area contributed by atoms with Crippen molar-refractivity contribution >= 4 is 12.2 Å². The third-order valence-electron chi connectivity index (χ3n) is 4.67. The van der Waals surface area contributed by atoms with Gasteiger partial charge in [-0.15, -0.1) is 0 Å². The zero-order valence-corrected chi connectivity index (χ0v) is 15.1. The first-order chi connectivity index (χ1) is 11.7. The first-order valence-electron chi connectivity index (χ1n) is 9.51. The summed E-state index contributed by atoms with van der Waals surface area (Å²) in [6, 6.07) is 0. The molecule has 0 aliphatic carbocycles. The van der Waals surface area contributed by atoms with Crippen LogP contribution in [0.5, 0.6) is 0 Å². The number of hydrogen-bond acceptors (Lipinski definition) is 5. The Morgan fingerprint density at radius 3 is 2.25 bits per heavy atom. The summed E-state index contributed by atoms with van der Waals surface area (Å²) in [5, 5.41) is 13.3. The third-order valence-corrected chi connectivity index (χ3v) is 4.67. The van der Waals surface area contributed by atoms with Crippen molar-refractivity contribution in [2.45, 2.75) is 90.3 Å². The van der Waals surface area contributed by atoms with E-state index in [4.69, 9.17) is 10.6 Å². The average molecular weight is 338 g/mol. The van der Waals surface area contributed by atoms with Crippen LogP contribution in [-0.4, -0.2) is 23.6 Å². The topological polar surface area (TPSA) is 84.9 Å². The van der Waals surface area contributed by atoms with Gasteiger partial charge in [-0.05, 0) is 18.8 Å². The first kappa shape index (κ1) is 20.7. The monoisotopic (exact) mass is 338 g/mol. The maximum absolute atomic E-state index is 11.3. The van der Waals surface area contributed by atoms with Gasteiger partial charge in [0.25, 0.3) is 0 Å². The lowest BCUT2D eigenvalue weighted by Crippen LogP contribution is -2.17. The highest BCUT2D eigenvalue weighted by molar-refractivity contribution is 5.85. The molecular formula is C19H34N2O3. The van der Waals surface area contributed by atoms with E-state index in [-0.39, 0.29) is 5.92 Å². The molecule has 5 heteroatoms. The van der Waals surface area contributed by atoms with E-state index in [9.17, 15) is 9.90 Å². The summed E-state index contributed by atoms with van der Waals surface area (Å²) in [7, 11) is 0. The molecule has 5 nitrogen and oxygen atoms in total. The minimum atomic E-state index is -1.10. The maximum atomic E-state index is 11.3. The van der Waals surface area contributed by atoms with Crippen LogP contribution in [0.15, 0.2) is 16.8 Å². The third kappa shape index (κ3) is 8.48. The van der Waals surface area contributed by atoms with E-state index in [1.165, 1.54) is 63.9 Å². The van der Waals surface area contributed by atoms with Crippen LogP contribution in [0.3, 0.4) is 0 Å². The van der Waals surface area contributed by atoms with E-state index in [1.807, 2.05) is 0 Å². The predicted octanol–water partition coefficient (Wildman–Crippen LogP) is 4.05. The highest BCUT2D eigenvalue weighted by atomic mass is 16.6. The fourth-order valence-electron chi connectivity index (χ4n) is 3.23. The van der Waals surface area contributed by atoms with Gasteiger partial charge in [-0.25, -0.2) is 4.79 Å². The minimum Gasteiger partial charge on any atom is -0.429 e. The molecule has 0 fully saturated rings. The lowest BCUT2D eigenvalue weighted by Gasteiger charge is -2.18. The number of nitrogens with zero attached hydrogens (tertiary/aromatic N) is 1. The molecule has 0 spiro atoms. The van der Waals surface area contributed by atoms with Crippen molar-refractivity contribution in [1.29, 1.82) is 0 Å². The second-order valence-electron chi connectivity index (χ2n) is 6.67. The Kier molecular flexibility index (Phi) is 11.2. The number of hydrogen-bond donors (Lipinski definition) is 2. The van der Waals surface area contributed by atoms with E-state index in [2.05, 4.69) is 12.0 Å². The number of aliphatic hydroxyl groups is 1.